The van der Waals surface area contributed by atoms with Gasteiger partial charge in [-0.25, -0.2) is 0 Å². The van der Waals surface area contributed by atoms with E-state index >= 15 is 0 Å². The van der Waals surface area contributed by atoms with E-state index in [4.69, 9.17) is 21.7 Å². The quantitative estimate of drug-likeness (QED) is 0.144. The van der Waals surface area contributed by atoms with Gasteiger partial charge in [0.25, 0.3) is 11.6 Å². The monoisotopic (exact) mass is 567 g/mol. The molecule has 1 fully saturated rings. The summed E-state index contributed by atoms with van der Waals surface area (Å²) in [5, 5.41) is 11.2. The van der Waals surface area contributed by atoms with Crippen LogP contribution in [0.3, 0.4) is 0 Å². The molecule has 1 heterocycles. The van der Waals surface area contributed by atoms with E-state index in [1.165, 1.54) is 17.0 Å². The lowest BCUT2D eigenvalue weighted by molar-refractivity contribution is -0.384. The van der Waals surface area contributed by atoms with Gasteiger partial charge in [-0.1, -0.05) is 6.07 Å². The van der Waals surface area contributed by atoms with E-state index in [0.29, 0.717) is 33.3 Å². The molecule has 1 saturated heterocycles. The zero-order valence-electron chi connectivity index (χ0n) is 19.5. The number of hydrogen-bond acceptors (Lipinski definition) is 6. The van der Waals surface area contributed by atoms with E-state index in [2.05, 4.69) is 15.9 Å². The molecule has 184 valence electrons. The van der Waals surface area contributed by atoms with Crippen LogP contribution < -0.4 is 14.4 Å². The van der Waals surface area contributed by atoms with Gasteiger partial charge in [0.2, 0.25) is 0 Å². The number of amides is 1. The number of thiocarbonyl (C=S) groups is 1. The summed E-state index contributed by atoms with van der Waals surface area (Å²) in [6.45, 7) is 2.73. The third-order valence-electron chi connectivity index (χ3n) is 5.47. The highest BCUT2D eigenvalue weighted by molar-refractivity contribution is 9.10. The van der Waals surface area contributed by atoms with Gasteiger partial charge in [-0.2, -0.15) is 0 Å². The lowest BCUT2D eigenvalue weighted by Crippen LogP contribution is -2.31. The molecule has 3 aromatic rings. The summed E-state index contributed by atoms with van der Waals surface area (Å²) >= 11 is 9.06. The number of carbonyl (C=O) groups is 1. The summed E-state index contributed by atoms with van der Waals surface area (Å²) in [6.07, 6.45) is 1.77. The van der Waals surface area contributed by atoms with Crippen molar-refractivity contribution in [3.8, 4) is 11.5 Å². The van der Waals surface area contributed by atoms with Crippen molar-refractivity contribution in [2.45, 2.75) is 13.5 Å². The third-order valence-corrected chi connectivity index (χ3v) is 6.54. The van der Waals surface area contributed by atoms with Crippen molar-refractivity contribution >= 4 is 56.6 Å². The van der Waals surface area contributed by atoms with Crippen LogP contribution >= 0.6 is 28.1 Å². The maximum Gasteiger partial charge on any atom is 0.281 e. The van der Waals surface area contributed by atoms with Gasteiger partial charge < -0.3 is 14.4 Å². The highest BCUT2D eigenvalue weighted by Crippen LogP contribution is 2.32. The van der Waals surface area contributed by atoms with Crippen LogP contribution in [-0.2, 0) is 11.4 Å². The average Bonchev–Trinajstić information content (AvgIpc) is 3.07. The predicted molar refractivity (Wildman–Crippen MR) is 145 cm³/mol. The van der Waals surface area contributed by atoms with Gasteiger partial charge in [0.15, 0.2) is 5.11 Å². The Morgan fingerprint density at radius 2 is 1.75 bits per heavy atom. The maximum absolute atomic E-state index is 13.2. The fourth-order valence-electron chi connectivity index (χ4n) is 3.60. The zero-order valence-corrected chi connectivity index (χ0v) is 21.9. The molecule has 0 aliphatic carbocycles. The molecule has 0 radical (unpaired) electrons. The van der Waals surface area contributed by atoms with Crippen molar-refractivity contribution < 1.29 is 19.2 Å². The van der Waals surface area contributed by atoms with E-state index in [1.807, 2.05) is 31.2 Å². The molecule has 0 spiro atoms. The van der Waals surface area contributed by atoms with Crippen LogP contribution in [0, 0.1) is 10.1 Å². The van der Waals surface area contributed by atoms with E-state index in [9.17, 15) is 14.9 Å². The normalized spacial score (nSPS) is 14.5. The maximum atomic E-state index is 13.2. The van der Waals surface area contributed by atoms with Crippen molar-refractivity contribution in [2.75, 3.05) is 18.6 Å². The third kappa shape index (κ3) is 5.39. The number of ether oxygens (including phenoxy) is 2. The molecular weight excluding hydrogens is 546 g/mol. The molecule has 10 heteroatoms. The van der Waals surface area contributed by atoms with E-state index in [-0.39, 0.29) is 18.2 Å². The fraction of sp³-hybridized carbons (Fsp3) is 0.154. The average molecular weight is 568 g/mol. The van der Waals surface area contributed by atoms with Crippen LogP contribution in [0.1, 0.15) is 18.1 Å². The molecule has 0 N–H and O–H groups in total. The molecule has 0 saturated carbocycles. The molecule has 1 amide bonds. The van der Waals surface area contributed by atoms with Gasteiger partial charge in [0.1, 0.15) is 23.8 Å². The first-order valence-electron chi connectivity index (χ1n) is 11.0. The van der Waals surface area contributed by atoms with Gasteiger partial charge >= 0.3 is 0 Å². The Labute approximate surface area is 222 Å². The number of nitro groups is 1. The Kier molecular flexibility index (Phi) is 7.66. The molecule has 3 aromatic carbocycles. The highest BCUT2D eigenvalue weighted by atomic mass is 79.9. The number of nitro benzene ring substituents is 1. The largest absolute Gasteiger partial charge is 0.494 e. The van der Waals surface area contributed by atoms with Crippen LogP contribution in [0.2, 0.25) is 0 Å². The fourth-order valence-corrected chi connectivity index (χ4v) is 4.40. The van der Waals surface area contributed by atoms with Gasteiger partial charge in [-0.15, -0.1) is 0 Å². The summed E-state index contributed by atoms with van der Waals surface area (Å²) in [4.78, 5) is 26.8. The molecule has 0 unspecified atom stereocenters. The lowest BCUT2D eigenvalue weighted by Gasteiger charge is -2.16. The van der Waals surface area contributed by atoms with Crippen LogP contribution in [-0.4, -0.2) is 34.5 Å². The highest BCUT2D eigenvalue weighted by Gasteiger charge is 2.36. The Balaban J connectivity index is 1.48. The SMILES string of the molecule is CCOc1ccc(N2C(=O)/C(=C/c3ccc(OCc4ccc([N+](=O)[O-])cc4)c(Br)c3)N(C)C2=S)cc1. The Morgan fingerprint density at radius 1 is 1.06 bits per heavy atom. The van der Waals surface area contributed by atoms with Crippen LogP contribution in [0.4, 0.5) is 11.4 Å². The van der Waals surface area contributed by atoms with Crippen molar-refractivity contribution in [3.05, 3.63) is 98.1 Å². The van der Waals surface area contributed by atoms with Crippen molar-refractivity contribution in [2.24, 2.45) is 0 Å². The van der Waals surface area contributed by atoms with Crippen molar-refractivity contribution in [1.29, 1.82) is 0 Å². The number of benzene rings is 3. The Morgan fingerprint density at radius 3 is 2.36 bits per heavy atom. The Hall–Kier alpha value is -3.76. The lowest BCUT2D eigenvalue weighted by atomic mass is 10.1. The molecule has 0 atom stereocenters. The first-order chi connectivity index (χ1) is 17.3. The molecular formula is C26H22BrN3O5S. The first-order valence-corrected chi connectivity index (χ1v) is 12.2. The number of non-ortho nitro benzene ring substituents is 1. The number of nitrogens with zero attached hydrogens (tertiary/aromatic N) is 3. The minimum Gasteiger partial charge on any atom is -0.494 e. The summed E-state index contributed by atoms with van der Waals surface area (Å²) in [5.41, 5.74) is 2.74. The van der Waals surface area contributed by atoms with Gasteiger partial charge in [-0.05, 0) is 101 Å². The minimum absolute atomic E-state index is 0.0318. The molecule has 1 aliphatic rings. The molecule has 4 rings (SSSR count). The van der Waals surface area contributed by atoms with Crippen molar-refractivity contribution in [1.82, 2.24) is 4.90 Å². The van der Waals surface area contributed by atoms with E-state index < -0.39 is 4.92 Å². The molecule has 1 aliphatic heterocycles. The zero-order chi connectivity index (χ0) is 25.8. The van der Waals surface area contributed by atoms with Crippen LogP contribution in [0.15, 0.2) is 76.9 Å². The van der Waals surface area contributed by atoms with Crippen LogP contribution in [0.5, 0.6) is 11.5 Å². The van der Waals surface area contributed by atoms with E-state index in [1.54, 1.807) is 48.4 Å². The van der Waals surface area contributed by atoms with Gasteiger partial charge in [-0.3, -0.25) is 19.8 Å². The number of hydrogen-bond donors (Lipinski definition) is 0. The second kappa shape index (κ2) is 10.9. The second-order valence-electron chi connectivity index (χ2n) is 7.84. The van der Waals surface area contributed by atoms with Crippen LogP contribution in [0.25, 0.3) is 6.08 Å². The molecule has 8 nitrogen and oxygen atoms in total. The Bertz CT molecular complexity index is 1340. The summed E-state index contributed by atoms with van der Waals surface area (Å²) in [6, 6.07) is 18.9. The second-order valence-corrected chi connectivity index (χ2v) is 9.06. The number of carbonyl (C=O) groups excluding carboxylic acids is 1. The van der Waals surface area contributed by atoms with Gasteiger partial charge in [0.05, 0.1) is 21.7 Å². The van der Waals surface area contributed by atoms with Crippen molar-refractivity contribution in [3.63, 3.8) is 0 Å². The summed E-state index contributed by atoms with van der Waals surface area (Å²) in [7, 11) is 1.76. The van der Waals surface area contributed by atoms with Gasteiger partial charge in [0, 0.05) is 19.2 Å². The molecule has 36 heavy (non-hydrogen) atoms. The number of likely N-dealkylation sites (N-methyl/N-ethyl adjacent to an activating group) is 1. The molecule has 0 aromatic heterocycles. The number of rotatable bonds is 8. The topological polar surface area (TPSA) is 85.1 Å². The minimum atomic E-state index is -0.439. The first kappa shape index (κ1) is 25.3. The van der Waals surface area contributed by atoms with E-state index in [0.717, 1.165) is 16.9 Å². The number of anilines is 1. The predicted octanol–water partition coefficient (Wildman–Crippen LogP) is 5.94. The molecule has 0 bridgehead atoms. The summed E-state index contributed by atoms with van der Waals surface area (Å²) in [5.74, 6) is 1.11. The standard InChI is InChI=1S/C26H22BrN3O5S/c1-3-34-21-11-9-19(10-12-21)29-25(31)23(28(2)26(29)36)15-18-6-13-24(22(27)14-18)35-16-17-4-7-20(8-5-17)30(32)33/h4-15H,3,16H2,1-2H3/b23-15-. The smallest absolute Gasteiger partial charge is 0.281 e. The summed E-state index contributed by atoms with van der Waals surface area (Å²) < 4.78 is 12.0. The number of halogens is 1.